The zero-order valence-corrected chi connectivity index (χ0v) is 17.8. The molecule has 0 fully saturated rings. The fourth-order valence-electron chi connectivity index (χ4n) is 3.65. The summed E-state index contributed by atoms with van der Waals surface area (Å²) in [5.41, 5.74) is 4.29. The number of amides is 1. The van der Waals surface area contributed by atoms with Crippen LogP contribution in [0.3, 0.4) is 0 Å². The summed E-state index contributed by atoms with van der Waals surface area (Å²) in [6.07, 6.45) is 4.60. The highest BCUT2D eigenvalue weighted by Gasteiger charge is 2.33. The molecule has 31 heavy (non-hydrogen) atoms. The van der Waals surface area contributed by atoms with E-state index >= 15 is 0 Å². The zero-order valence-electron chi connectivity index (χ0n) is 16.1. The molecule has 0 aliphatic carbocycles. The molecular formula is C20H17N5O4S2. The van der Waals surface area contributed by atoms with Crippen molar-refractivity contribution in [3.8, 4) is 0 Å². The summed E-state index contributed by atoms with van der Waals surface area (Å²) in [6, 6.07) is 8.16. The number of pyridine rings is 1. The van der Waals surface area contributed by atoms with Crippen LogP contribution in [0.2, 0.25) is 0 Å². The molecule has 5 rings (SSSR count). The van der Waals surface area contributed by atoms with E-state index in [9.17, 15) is 18.3 Å². The normalized spacial score (nSPS) is 14.7. The number of nitrogens with zero attached hydrogens (tertiary/aromatic N) is 5. The molecule has 1 aliphatic rings. The minimum absolute atomic E-state index is 0.136. The van der Waals surface area contributed by atoms with E-state index < -0.39 is 15.9 Å². The number of benzene rings is 1. The molecule has 0 bridgehead atoms. The zero-order chi connectivity index (χ0) is 21.6. The van der Waals surface area contributed by atoms with Crippen molar-refractivity contribution in [1.29, 1.82) is 0 Å². The van der Waals surface area contributed by atoms with Crippen molar-refractivity contribution in [3.63, 3.8) is 0 Å². The second kappa shape index (κ2) is 7.52. The highest BCUT2D eigenvalue weighted by molar-refractivity contribution is 7.89. The lowest BCUT2D eigenvalue weighted by Crippen LogP contribution is -2.33. The minimum atomic E-state index is -3.85. The number of aromatic nitrogens is 4. The van der Waals surface area contributed by atoms with Gasteiger partial charge in [0.2, 0.25) is 5.91 Å². The Bertz CT molecular complexity index is 1360. The molecule has 11 heteroatoms. The van der Waals surface area contributed by atoms with Gasteiger partial charge in [0, 0.05) is 30.7 Å². The molecule has 1 N–H and O–H groups in total. The number of hydrogen-bond acceptors (Lipinski definition) is 8. The van der Waals surface area contributed by atoms with E-state index in [0.29, 0.717) is 16.8 Å². The molecule has 158 valence electrons. The number of fused-ring (bicyclic) bond motifs is 2. The molecule has 1 aliphatic heterocycles. The SMILES string of the molecule is O=C(C(CO)c1ccncc1)N1Cc2cn(S(=O)(=O)c3ccc4ncsc4c3)nc2C1. The first kappa shape index (κ1) is 19.8. The van der Waals surface area contributed by atoms with Gasteiger partial charge in [0.15, 0.2) is 0 Å². The van der Waals surface area contributed by atoms with Gasteiger partial charge >= 0.3 is 0 Å². The smallest absolute Gasteiger partial charge is 0.283 e. The lowest BCUT2D eigenvalue weighted by molar-refractivity contribution is -0.134. The molecule has 3 aromatic heterocycles. The predicted octanol–water partition coefficient (Wildman–Crippen LogP) is 1.74. The Morgan fingerprint density at radius 3 is 2.74 bits per heavy atom. The fourth-order valence-corrected chi connectivity index (χ4v) is 5.64. The average molecular weight is 456 g/mol. The van der Waals surface area contributed by atoms with Gasteiger partial charge in [0.1, 0.15) is 0 Å². The number of carbonyl (C=O) groups excluding carboxylic acids is 1. The maximum atomic E-state index is 13.0. The summed E-state index contributed by atoms with van der Waals surface area (Å²) < 4.78 is 27.8. The minimum Gasteiger partial charge on any atom is -0.395 e. The van der Waals surface area contributed by atoms with E-state index in [1.54, 1.807) is 47.1 Å². The maximum Gasteiger partial charge on any atom is 0.283 e. The van der Waals surface area contributed by atoms with Crippen molar-refractivity contribution >= 4 is 37.5 Å². The van der Waals surface area contributed by atoms with Crippen LogP contribution in [0.15, 0.2) is 59.3 Å². The number of aliphatic hydroxyl groups is 1. The van der Waals surface area contributed by atoms with Gasteiger partial charge in [-0.2, -0.15) is 17.6 Å². The summed E-state index contributed by atoms with van der Waals surface area (Å²) >= 11 is 1.37. The van der Waals surface area contributed by atoms with E-state index in [-0.39, 0.29) is 30.5 Å². The molecule has 0 saturated heterocycles. The quantitative estimate of drug-likeness (QED) is 0.487. The second-order valence-corrected chi connectivity index (χ2v) is 9.85. The van der Waals surface area contributed by atoms with Gasteiger partial charge in [-0.15, -0.1) is 11.3 Å². The highest BCUT2D eigenvalue weighted by atomic mass is 32.2. The van der Waals surface area contributed by atoms with Crippen LogP contribution in [-0.4, -0.2) is 50.1 Å². The third-order valence-corrected chi connectivity index (χ3v) is 7.63. The number of thiazole rings is 1. The average Bonchev–Trinajstić information content (AvgIpc) is 3.49. The Kier molecular flexibility index (Phi) is 4.80. The summed E-state index contributed by atoms with van der Waals surface area (Å²) in [4.78, 5) is 22.7. The largest absolute Gasteiger partial charge is 0.395 e. The first-order valence-corrected chi connectivity index (χ1v) is 11.7. The van der Waals surface area contributed by atoms with Gasteiger partial charge in [0.25, 0.3) is 10.0 Å². The van der Waals surface area contributed by atoms with Gasteiger partial charge in [-0.3, -0.25) is 9.78 Å². The molecule has 1 aromatic carbocycles. The molecule has 9 nitrogen and oxygen atoms in total. The van der Waals surface area contributed by atoms with Crippen molar-refractivity contribution in [2.45, 2.75) is 23.9 Å². The van der Waals surface area contributed by atoms with E-state index in [2.05, 4.69) is 15.1 Å². The Morgan fingerprint density at radius 1 is 1.19 bits per heavy atom. The standard InChI is InChI=1S/C20H17N5O4S2/c26-11-16(13-3-5-21-6-4-13)20(27)24-8-14-9-25(23-18(14)10-24)31(28,29)15-1-2-17-19(7-15)30-12-22-17/h1-7,9,12,16,26H,8,10-11H2. The fraction of sp³-hybridized carbons (Fsp3) is 0.200. The summed E-state index contributed by atoms with van der Waals surface area (Å²) in [7, 11) is -3.85. The topological polar surface area (TPSA) is 118 Å². The lowest BCUT2D eigenvalue weighted by atomic mass is 10.00. The van der Waals surface area contributed by atoms with Crippen LogP contribution in [0.1, 0.15) is 22.7 Å². The molecule has 1 atom stereocenters. The van der Waals surface area contributed by atoms with Crippen molar-refractivity contribution in [1.82, 2.24) is 24.1 Å². The second-order valence-electron chi connectivity index (χ2n) is 7.17. The number of rotatable bonds is 5. The summed E-state index contributed by atoms with van der Waals surface area (Å²) in [5.74, 6) is -0.939. The van der Waals surface area contributed by atoms with Gasteiger partial charge in [-0.1, -0.05) is 0 Å². The molecule has 0 radical (unpaired) electrons. The Labute approximate surface area is 181 Å². The first-order valence-electron chi connectivity index (χ1n) is 9.43. The molecular weight excluding hydrogens is 438 g/mol. The Balaban J connectivity index is 1.38. The predicted molar refractivity (Wildman–Crippen MR) is 113 cm³/mol. The molecule has 1 amide bonds. The highest BCUT2D eigenvalue weighted by Crippen LogP contribution is 2.28. The van der Waals surface area contributed by atoms with Crippen LogP contribution in [0, 0.1) is 0 Å². The van der Waals surface area contributed by atoms with E-state index in [4.69, 9.17) is 0 Å². The van der Waals surface area contributed by atoms with Gasteiger partial charge in [-0.25, -0.2) is 4.98 Å². The van der Waals surface area contributed by atoms with Gasteiger partial charge < -0.3 is 10.0 Å². The van der Waals surface area contributed by atoms with Crippen molar-refractivity contribution in [2.75, 3.05) is 6.61 Å². The van der Waals surface area contributed by atoms with E-state index in [1.807, 2.05) is 0 Å². The maximum absolute atomic E-state index is 13.0. The summed E-state index contributed by atoms with van der Waals surface area (Å²) in [6.45, 7) is 0.0940. The third-order valence-electron chi connectivity index (χ3n) is 5.31. The number of carbonyl (C=O) groups is 1. The number of hydrogen-bond donors (Lipinski definition) is 1. The van der Waals surface area contributed by atoms with Crippen molar-refractivity contribution in [2.24, 2.45) is 0 Å². The van der Waals surface area contributed by atoms with Gasteiger partial charge in [-0.05, 0) is 35.9 Å². The molecule has 4 heterocycles. The van der Waals surface area contributed by atoms with E-state index in [1.165, 1.54) is 23.6 Å². The monoisotopic (exact) mass is 455 g/mol. The lowest BCUT2D eigenvalue weighted by Gasteiger charge is -2.22. The molecule has 0 saturated carbocycles. The molecule has 0 spiro atoms. The van der Waals surface area contributed by atoms with Gasteiger partial charge in [0.05, 0.1) is 45.4 Å². The van der Waals surface area contributed by atoms with Crippen LogP contribution in [0.25, 0.3) is 10.2 Å². The molecule has 1 unspecified atom stereocenters. The van der Waals surface area contributed by atoms with Crippen molar-refractivity contribution < 1.29 is 18.3 Å². The van der Waals surface area contributed by atoms with Crippen LogP contribution >= 0.6 is 11.3 Å². The van der Waals surface area contributed by atoms with Crippen LogP contribution < -0.4 is 0 Å². The van der Waals surface area contributed by atoms with Crippen LogP contribution in [0.5, 0.6) is 0 Å². The third kappa shape index (κ3) is 3.40. The van der Waals surface area contributed by atoms with Crippen LogP contribution in [0.4, 0.5) is 0 Å². The van der Waals surface area contributed by atoms with Crippen LogP contribution in [-0.2, 0) is 27.9 Å². The molecule has 4 aromatic rings. The Morgan fingerprint density at radius 2 is 2.00 bits per heavy atom. The number of aliphatic hydroxyl groups excluding tert-OH is 1. The Hall–Kier alpha value is -3.15. The van der Waals surface area contributed by atoms with Crippen molar-refractivity contribution in [3.05, 3.63) is 71.3 Å². The summed E-state index contributed by atoms with van der Waals surface area (Å²) in [5, 5.41) is 14.0. The van der Waals surface area contributed by atoms with E-state index in [0.717, 1.165) is 14.3 Å². The first-order chi connectivity index (χ1) is 15.0.